The van der Waals surface area contributed by atoms with Crippen molar-refractivity contribution in [1.82, 2.24) is 9.55 Å². The predicted octanol–water partition coefficient (Wildman–Crippen LogP) is 1.10. The number of benzene rings is 1. The zero-order chi connectivity index (χ0) is 11.7. The van der Waals surface area contributed by atoms with Crippen LogP contribution in [0.25, 0.3) is 11.0 Å². The van der Waals surface area contributed by atoms with Crippen LogP contribution in [0.1, 0.15) is 6.92 Å². The number of imidazole rings is 1. The van der Waals surface area contributed by atoms with E-state index < -0.39 is 11.7 Å². The Bertz CT molecular complexity index is 572. The monoisotopic (exact) mass is 217 g/mol. The molecule has 0 atom stereocenters. The highest BCUT2D eigenvalue weighted by Crippen LogP contribution is 2.17. The minimum Gasteiger partial charge on any atom is -0.334 e. The van der Waals surface area contributed by atoms with Crippen LogP contribution in [-0.4, -0.2) is 21.2 Å². The molecule has 1 aromatic heterocycles. The molecule has 16 heavy (non-hydrogen) atoms. The number of nitrogens with one attached hydrogen (secondary N) is 1. The molecule has 1 amide bonds. The first-order valence-corrected chi connectivity index (χ1v) is 4.81. The Morgan fingerprint density at radius 1 is 1.38 bits per heavy atom. The summed E-state index contributed by atoms with van der Waals surface area (Å²) in [6, 6.07) is 5.32. The number of fused-ring (bicyclic) bond motifs is 1. The van der Waals surface area contributed by atoms with Crippen molar-refractivity contribution in [3.05, 3.63) is 24.5 Å². The van der Waals surface area contributed by atoms with Crippen LogP contribution in [0.15, 0.2) is 24.5 Å². The SMILES string of the molecule is CC(=O)C(=O)Nc1ccc2c(c1)ncn2C. The van der Waals surface area contributed by atoms with Crippen LogP contribution in [0.2, 0.25) is 0 Å². The molecule has 2 aromatic rings. The average molecular weight is 217 g/mol. The maximum absolute atomic E-state index is 11.2. The second-order valence-electron chi connectivity index (χ2n) is 3.57. The summed E-state index contributed by atoms with van der Waals surface area (Å²) in [4.78, 5) is 26.1. The van der Waals surface area contributed by atoms with Gasteiger partial charge in [-0.1, -0.05) is 0 Å². The second kappa shape index (κ2) is 3.77. The van der Waals surface area contributed by atoms with Crippen molar-refractivity contribution < 1.29 is 9.59 Å². The molecule has 0 saturated heterocycles. The molecule has 0 spiro atoms. The smallest absolute Gasteiger partial charge is 0.291 e. The quantitative estimate of drug-likeness (QED) is 0.766. The van der Waals surface area contributed by atoms with Gasteiger partial charge in [-0.3, -0.25) is 9.59 Å². The molecule has 5 heteroatoms. The molecule has 0 aliphatic carbocycles. The van der Waals surface area contributed by atoms with E-state index in [4.69, 9.17) is 0 Å². The maximum atomic E-state index is 11.2. The third-order valence-corrected chi connectivity index (χ3v) is 2.30. The topological polar surface area (TPSA) is 64.0 Å². The predicted molar refractivity (Wildman–Crippen MR) is 60.0 cm³/mol. The van der Waals surface area contributed by atoms with E-state index in [-0.39, 0.29) is 0 Å². The van der Waals surface area contributed by atoms with Crippen LogP contribution in [0, 0.1) is 0 Å². The average Bonchev–Trinajstić information content (AvgIpc) is 2.60. The minimum absolute atomic E-state index is 0.513. The third-order valence-electron chi connectivity index (χ3n) is 2.30. The van der Waals surface area contributed by atoms with Crippen molar-refractivity contribution >= 4 is 28.4 Å². The molecule has 82 valence electrons. The van der Waals surface area contributed by atoms with E-state index in [2.05, 4.69) is 10.3 Å². The van der Waals surface area contributed by atoms with E-state index in [1.54, 1.807) is 18.5 Å². The summed E-state index contributed by atoms with van der Waals surface area (Å²) in [6.45, 7) is 1.23. The number of rotatable bonds is 2. The van der Waals surface area contributed by atoms with Crippen LogP contribution < -0.4 is 5.32 Å². The zero-order valence-corrected chi connectivity index (χ0v) is 9.02. The van der Waals surface area contributed by atoms with Gasteiger partial charge in [0.25, 0.3) is 5.91 Å². The molecule has 0 fully saturated rings. The van der Waals surface area contributed by atoms with Gasteiger partial charge in [-0.15, -0.1) is 0 Å². The standard InChI is InChI=1S/C11H11N3O2/c1-7(15)11(16)13-8-3-4-10-9(5-8)12-6-14(10)2/h3-6H,1-2H3,(H,13,16). The molecule has 0 saturated carbocycles. The van der Waals surface area contributed by atoms with Gasteiger partial charge in [-0.05, 0) is 18.2 Å². The number of nitrogens with zero attached hydrogens (tertiary/aromatic N) is 2. The molecule has 1 N–H and O–H groups in total. The van der Waals surface area contributed by atoms with Gasteiger partial charge in [0.05, 0.1) is 17.4 Å². The van der Waals surface area contributed by atoms with Crippen molar-refractivity contribution in [1.29, 1.82) is 0 Å². The van der Waals surface area contributed by atoms with E-state index in [1.807, 2.05) is 17.7 Å². The third kappa shape index (κ3) is 1.79. The molecule has 0 bridgehead atoms. The number of hydrogen-bond acceptors (Lipinski definition) is 3. The van der Waals surface area contributed by atoms with Gasteiger partial charge in [0.2, 0.25) is 5.78 Å². The minimum atomic E-state index is -0.615. The summed E-state index contributed by atoms with van der Waals surface area (Å²) in [5.74, 6) is -1.13. The first-order valence-electron chi connectivity index (χ1n) is 4.81. The Hall–Kier alpha value is -2.17. The largest absolute Gasteiger partial charge is 0.334 e. The van der Waals surface area contributed by atoms with Crippen LogP contribution in [-0.2, 0) is 16.6 Å². The van der Waals surface area contributed by atoms with Gasteiger partial charge >= 0.3 is 0 Å². The van der Waals surface area contributed by atoms with E-state index in [0.29, 0.717) is 5.69 Å². The highest BCUT2D eigenvalue weighted by molar-refractivity contribution is 6.39. The zero-order valence-electron chi connectivity index (χ0n) is 9.02. The number of aryl methyl sites for hydroxylation is 1. The number of amides is 1. The van der Waals surface area contributed by atoms with E-state index in [9.17, 15) is 9.59 Å². The van der Waals surface area contributed by atoms with Crippen molar-refractivity contribution in [2.24, 2.45) is 7.05 Å². The molecule has 0 radical (unpaired) electrons. The maximum Gasteiger partial charge on any atom is 0.291 e. The summed E-state index contributed by atoms with van der Waals surface area (Å²) in [6.07, 6.45) is 1.70. The normalized spacial score (nSPS) is 10.4. The Kier molecular flexibility index (Phi) is 2.44. The molecule has 0 unspecified atom stereocenters. The lowest BCUT2D eigenvalue weighted by Crippen LogP contribution is -2.19. The van der Waals surface area contributed by atoms with Crippen LogP contribution in [0.4, 0.5) is 5.69 Å². The fourth-order valence-electron chi connectivity index (χ4n) is 1.43. The molecule has 5 nitrogen and oxygen atoms in total. The van der Waals surface area contributed by atoms with E-state index in [0.717, 1.165) is 11.0 Å². The van der Waals surface area contributed by atoms with Crippen molar-refractivity contribution in [3.63, 3.8) is 0 Å². The van der Waals surface area contributed by atoms with Crippen LogP contribution >= 0.6 is 0 Å². The fraction of sp³-hybridized carbons (Fsp3) is 0.182. The number of aromatic nitrogens is 2. The van der Waals surface area contributed by atoms with Crippen molar-refractivity contribution in [3.8, 4) is 0 Å². The molecule has 2 rings (SSSR count). The Labute approximate surface area is 92.1 Å². The number of anilines is 1. The summed E-state index contributed by atoms with van der Waals surface area (Å²) < 4.78 is 1.88. The summed E-state index contributed by atoms with van der Waals surface area (Å²) in [5, 5.41) is 2.51. The first-order chi connectivity index (χ1) is 7.58. The molecule has 1 heterocycles. The number of carbonyl (C=O) groups is 2. The molecule has 1 aromatic carbocycles. The lowest BCUT2D eigenvalue weighted by atomic mass is 10.2. The lowest BCUT2D eigenvalue weighted by Gasteiger charge is -2.02. The fourth-order valence-corrected chi connectivity index (χ4v) is 1.43. The Balaban J connectivity index is 2.33. The Morgan fingerprint density at radius 3 is 2.81 bits per heavy atom. The van der Waals surface area contributed by atoms with Gasteiger partial charge in [-0.25, -0.2) is 4.98 Å². The summed E-state index contributed by atoms with van der Waals surface area (Å²) in [5.41, 5.74) is 2.33. The molecular formula is C11H11N3O2. The van der Waals surface area contributed by atoms with Gasteiger partial charge in [0, 0.05) is 19.7 Å². The van der Waals surface area contributed by atoms with E-state index >= 15 is 0 Å². The molecular weight excluding hydrogens is 206 g/mol. The summed E-state index contributed by atoms with van der Waals surface area (Å²) >= 11 is 0. The summed E-state index contributed by atoms with van der Waals surface area (Å²) in [7, 11) is 1.89. The van der Waals surface area contributed by atoms with Gasteiger partial charge in [0.1, 0.15) is 0 Å². The number of hydrogen-bond donors (Lipinski definition) is 1. The Morgan fingerprint density at radius 2 is 2.12 bits per heavy atom. The second-order valence-corrected chi connectivity index (χ2v) is 3.57. The van der Waals surface area contributed by atoms with Gasteiger partial charge < -0.3 is 9.88 Å². The molecule has 0 aliphatic heterocycles. The molecule has 0 aliphatic rings. The number of ketones is 1. The lowest BCUT2D eigenvalue weighted by molar-refractivity contribution is -0.133. The first kappa shape index (κ1) is 10.4. The van der Waals surface area contributed by atoms with Gasteiger partial charge in [0.15, 0.2) is 0 Å². The number of Topliss-reactive ketones (excluding diaryl/α,β-unsaturated/α-hetero) is 1. The highest BCUT2D eigenvalue weighted by Gasteiger charge is 2.08. The highest BCUT2D eigenvalue weighted by atomic mass is 16.2. The van der Waals surface area contributed by atoms with Gasteiger partial charge in [-0.2, -0.15) is 0 Å². The van der Waals surface area contributed by atoms with Crippen molar-refractivity contribution in [2.75, 3.05) is 5.32 Å². The van der Waals surface area contributed by atoms with Crippen LogP contribution in [0.5, 0.6) is 0 Å². The van der Waals surface area contributed by atoms with Crippen molar-refractivity contribution in [2.45, 2.75) is 6.92 Å². The number of carbonyl (C=O) groups excluding carboxylic acids is 2. The van der Waals surface area contributed by atoms with E-state index in [1.165, 1.54) is 6.92 Å². The van der Waals surface area contributed by atoms with Crippen LogP contribution in [0.3, 0.4) is 0 Å².